The highest BCUT2D eigenvalue weighted by atomic mass is 35.5. The third kappa shape index (κ3) is 11.9. The van der Waals surface area contributed by atoms with Crippen molar-refractivity contribution in [2.24, 2.45) is 0 Å². The number of aromatic nitrogens is 2. The summed E-state index contributed by atoms with van der Waals surface area (Å²) >= 11 is 3.85. The first kappa shape index (κ1) is 56.1. The van der Waals surface area contributed by atoms with Crippen LogP contribution in [-0.2, 0) is 34.9 Å². The largest absolute Gasteiger partial charge is 0.489 e. The van der Waals surface area contributed by atoms with Crippen molar-refractivity contribution in [3.63, 3.8) is 0 Å². The van der Waals surface area contributed by atoms with E-state index in [1.165, 1.54) is 47.8 Å². The molecule has 424 valence electrons. The van der Waals surface area contributed by atoms with Gasteiger partial charge in [-0.25, -0.2) is 23.2 Å². The molecule has 26 heteroatoms. The van der Waals surface area contributed by atoms with Gasteiger partial charge in [-0.1, -0.05) is 28.0 Å². The molecule has 4 unspecified atom stereocenters. The number of aryl methyl sites for hydroxylation is 2. The van der Waals surface area contributed by atoms with E-state index >= 15 is 8.78 Å². The van der Waals surface area contributed by atoms with Gasteiger partial charge >= 0.3 is 18.3 Å². The maximum Gasteiger partial charge on any atom is 0.415 e. The fourth-order valence-electron chi connectivity index (χ4n) is 11.2. The number of hydrogen-bond donors (Lipinski definition) is 1. The zero-order valence-electron chi connectivity index (χ0n) is 43.6. The molecule has 10 heterocycles. The van der Waals surface area contributed by atoms with Crippen molar-refractivity contribution >= 4 is 92.9 Å². The van der Waals surface area contributed by atoms with Gasteiger partial charge in [0.05, 0.1) is 33.3 Å². The first-order valence-electron chi connectivity index (χ1n) is 25.9. The summed E-state index contributed by atoms with van der Waals surface area (Å²) in [5.74, 6) is 4.60. The highest BCUT2D eigenvalue weighted by Gasteiger charge is 2.50. The van der Waals surface area contributed by atoms with E-state index in [1.54, 1.807) is 56.0 Å². The maximum atomic E-state index is 15.4. The number of amides is 3. The molecule has 5 aromatic rings. The Morgan fingerprint density at radius 3 is 1.72 bits per heavy atom. The standard InChI is InChI=1S/C24H25FN2O6S2.C21H22FN3O4S.C8H12N2O3.ClH/c1-14-2-6-17(7-3-14)35(29,30)32-11-23-21-10-31-22-9-19(26-15-4-5-16(26)13-34-12-15)18(25)8-20(22)27(21)24(28)33-23;22-15-7-17-20(8-16(15)24-13-2-3-14(24)11-30-10-13)27-9-18-19(29-21(26)25(17)18)4-1-12-5-6-28-23-12;1-8(2,3)13-7(11)9-6-4-5-12-10-6;/h2-3,6-9,15-16,21,23H,4-5,10-13H2,1H3;5-8,13-14,18-19H,1-4,9-11H2;4-5H,1-3H3,(H,9,10,11);1H/t15?,16?,21-,23-;13?,14?,18-,19-;;/m00../s1. The molecule has 8 atom stereocenters. The van der Waals surface area contributed by atoms with Gasteiger partial charge in [0, 0.05) is 83.6 Å². The SMILES string of the molecule is CC(C)(C)OC(=O)Nc1ccon1.Cc1ccc(S(=O)(=O)OC[C@@H]2OC(=O)N3c4cc(F)c(N5C6CCC5CSC6)cc4OC[C@@H]23)cc1.Cl.O=C1O[C@@H](CCc2ccon2)[C@@H]2COc3cc(N4C5CCC4CSC5)c(F)cc3N12. The molecule has 6 saturated heterocycles. The van der Waals surface area contributed by atoms with Crippen LogP contribution in [0.3, 0.4) is 0 Å². The third-order valence-corrected chi connectivity index (χ3v) is 18.6. The number of ether oxygens (including phenoxy) is 5. The zero-order chi connectivity index (χ0) is 54.5. The van der Waals surface area contributed by atoms with E-state index in [9.17, 15) is 22.8 Å². The van der Waals surface area contributed by atoms with Gasteiger partial charge < -0.3 is 42.5 Å². The molecule has 8 aliphatic heterocycles. The van der Waals surface area contributed by atoms with Crippen molar-refractivity contribution in [3.05, 3.63) is 96.1 Å². The van der Waals surface area contributed by atoms with E-state index in [0.717, 1.165) is 60.0 Å². The number of carbonyl (C=O) groups is 3. The summed E-state index contributed by atoms with van der Waals surface area (Å²) in [5, 5.41) is 9.81. The van der Waals surface area contributed by atoms with E-state index in [4.69, 9.17) is 32.4 Å². The molecule has 3 amide bonds. The summed E-state index contributed by atoms with van der Waals surface area (Å²) in [6, 6.07) is 16.3. The van der Waals surface area contributed by atoms with Gasteiger partial charge in [0.15, 0.2) is 11.9 Å². The molecule has 79 heavy (non-hydrogen) atoms. The Balaban J connectivity index is 0.000000146. The fourth-order valence-corrected chi connectivity index (χ4v) is 14.8. The second-order valence-corrected chi connectivity index (χ2v) is 24.9. The summed E-state index contributed by atoms with van der Waals surface area (Å²) in [5.41, 5.74) is 3.07. The van der Waals surface area contributed by atoms with Gasteiger partial charge in [0.25, 0.3) is 10.1 Å². The molecule has 8 aliphatic rings. The molecule has 4 bridgehead atoms. The van der Waals surface area contributed by atoms with Gasteiger partial charge in [0.2, 0.25) is 0 Å². The lowest BCUT2D eigenvalue weighted by Crippen LogP contribution is -2.46. The molecule has 0 saturated carbocycles. The Kier molecular flexibility index (Phi) is 16.4. The highest BCUT2D eigenvalue weighted by molar-refractivity contribution is 7.99. The topological polar surface area (TPSA) is 218 Å². The Labute approximate surface area is 469 Å². The second-order valence-electron chi connectivity index (χ2n) is 21.1. The van der Waals surface area contributed by atoms with Crippen molar-refractivity contribution in [2.75, 3.05) is 67.7 Å². The molecule has 0 spiro atoms. The van der Waals surface area contributed by atoms with E-state index in [-0.39, 0.29) is 54.2 Å². The number of benzene rings is 3. The number of halogens is 3. The third-order valence-electron chi connectivity index (χ3n) is 14.8. The minimum atomic E-state index is -4.03. The normalized spacial score (nSPS) is 25.1. The van der Waals surface area contributed by atoms with E-state index in [0.29, 0.717) is 78.0 Å². The number of thioether (sulfide) groups is 2. The number of rotatable bonds is 10. The van der Waals surface area contributed by atoms with Crippen LogP contribution in [0.25, 0.3) is 0 Å². The van der Waals surface area contributed by atoms with Crippen LogP contribution < -0.4 is 34.4 Å². The molecule has 0 radical (unpaired) electrons. The predicted molar refractivity (Wildman–Crippen MR) is 293 cm³/mol. The Bertz CT molecular complexity index is 3090. The van der Waals surface area contributed by atoms with E-state index < -0.39 is 52.0 Å². The van der Waals surface area contributed by atoms with E-state index in [1.807, 2.05) is 30.4 Å². The zero-order valence-corrected chi connectivity index (χ0v) is 46.9. The molecular weight excluding hydrogens is 1110 g/mol. The molecule has 3 aromatic carbocycles. The first-order chi connectivity index (χ1) is 37.5. The Morgan fingerprint density at radius 1 is 0.722 bits per heavy atom. The monoisotopic (exact) mass is 1170 g/mol. The number of anilines is 5. The van der Waals surface area contributed by atoms with Crippen LogP contribution in [-0.4, -0.2) is 134 Å². The average Bonchev–Trinajstić information content (AvgIpc) is 4.49. The predicted octanol–water partition coefficient (Wildman–Crippen LogP) is 9.77. The van der Waals surface area contributed by atoms with Gasteiger partial charge in [-0.3, -0.25) is 19.3 Å². The van der Waals surface area contributed by atoms with Crippen LogP contribution in [0.2, 0.25) is 0 Å². The van der Waals surface area contributed by atoms with Crippen LogP contribution in [0.4, 0.5) is 51.7 Å². The number of hydrogen-bond acceptors (Lipinski definition) is 19. The molecule has 2 aromatic heterocycles. The summed E-state index contributed by atoms with van der Waals surface area (Å²) in [4.78, 5) is 43.8. The van der Waals surface area contributed by atoms with Crippen LogP contribution in [0.1, 0.15) is 64.1 Å². The number of cyclic esters (lactones) is 2. The second kappa shape index (κ2) is 23.1. The summed E-state index contributed by atoms with van der Waals surface area (Å²) in [7, 11) is -4.03. The van der Waals surface area contributed by atoms with Crippen molar-refractivity contribution in [1.29, 1.82) is 0 Å². The fraction of sp³-hybridized carbons (Fsp3) is 0.491. The number of nitrogens with one attached hydrogen (secondary N) is 1. The summed E-state index contributed by atoms with van der Waals surface area (Å²) < 4.78 is 98.3. The van der Waals surface area contributed by atoms with Crippen molar-refractivity contribution in [3.8, 4) is 11.5 Å². The number of nitrogens with zero attached hydrogens (tertiary/aromatic N) is 6. The maximum absolute atomic E-state index is 15.4. The average molecular weight is 1170 g/mol. The lowest BCUT2D eigenvalue weighted by Gasteiger charge is -2.38. The molecule has 20 nitrogen and oxygen atoms in total. The quantitative estimate of drug-likeness (QED) is 0.102. The minimum absolute atomic E-state index is 0. The smallest absolute Gasteiger partial charge is 0.415 e. The number of carbonyl (C=O) groups excluding carboxylic acids is 3. The van der Waals surface area contributed by atoms with Crippen molar-refractivity contribution < 1.29 is 68.5 Å². The molecule has 0 aliphatic carbocycles. The van der Waals surface area contributed by atoms with Crippen molar-refractivity contribution in [1.82, 2.24) is 10.3 Å². The summed E-state index contributed by atoms with van der Waals surface area (Å²) in [6.45, 7) is 7.27. The first-order valence-corrected chi connectivity index (χ1v) is 29.6. The van der Waals surface area contributed by atoms with Crippen LogP contribution in [0.15, 0.2) is 87.1 Å². The van der Waals surface area contributed by atoms with E-state index in [2.05, 4.69) is 30.0 Å². The van der Waals surface area contributed by atoms with Crippen LogP contribution in [0.5, 0.6) is 11.5 Å². The van der Waals surface area contributed by atoms with Crippen LogP contribution in [0, 0.1) is 18.6 Å². The van der Waals surface area contributed by atoms with Gasteiger partial charge in [-0.15, -0.1) is 12.4 Å². The van der Waals surface area contributed by atoms with Crippen molar-refractivity contribution in [2.45, 2.75) is 125 Å². The molecule has 1 N–H and O–H groups in total. The molecular formula is C53H60ClF2N7O13S3. The Morgan fingerprint density at radius 2 is 1.23 bits per heavy atom. The lowest BCUT2D eigenvalue weighted by atomic mass is 10.0. The van der Waals surface area contributed by atoms with Gasteiger partial charge in [-0.05, 0) is 78.4 Å². The van der Waals surface area contributed by atoms with Gasteiger partial charge in [-0.2, -0.15) is 31.9 Å². The highest BCUT2D eigenvalue weighted by Crippen LogP contribution is 2.48. The van der Waals surface area contributed by atoms with Gasteiger partial charge in [0.1, 0.15) is 79.3 Å². The summed E-state index contributed by atoms with van der Waals surface area (Å²) in [6.07, 6.45) is 5.54. The minimum Gasteiger partial charge on any atom is -0.489 e. The molecule has 13 rings (SSSR count). The van der Waals surface area contributed by atoms with Crippen LogP contribution >= 0.6 is 35.9 Å². The molecule has 6 fully saturated rings. The lowest BCUT2D eigenvalue weighted by molar-refractivity contribution is 0.0634. The number of fused-ring (bicyclic) bond motifs is 10. The Hall–Kier alpha value is -6.15.